The Morgan fingerprint density at radius 2 is 1.93 bits per heavy atom. The topological polar surface area (TPSA) is 46.6 Å². The van der Waals surface area contributed by atoms with Gasteiger partial charge in [0.2, 0.25) is 0 Å². The first kappa shape index (κ1) is 11.6. The number of sulfonamides is 1. The molecule has 1 aromatic carbocycles. The molecule has 0 aromatic heterocycles. The van der Waals surface area contributed by atoms with Gasteiger partial charge >= 0.3 is 0 Å². The van der Waals surface area contributed by atoms with Crippen molar-refractivity contribution in [2.45, 2.75) is 4.90 Å². The second-order valence-electron chi connectivity index (χ2n) is 2.53. The molecule has 1 aromatic rings. The molecule has 0 saturated carbocycles. The fraction of sp³-hybridized carbons (Fsp3) is 0.250. The maximum absolute atomic E-state index is 11.8. The summed E-state index contributed by atoms with van der Waals surface area (Å²) < 4.78 is 24.8. The van der Waals surface area contributed by atoms with E-state index in [0.29, 0.717) is 4.47 Å². The number of nitrogens with zero attached hydrogens (tertiary/aromatic N) is 1. The molecule has 0 amide bonds. The van der Waals surface area contributed by atoms with Gasteiger partial charge < -0.3 is 0 Å². The zero-order valence-corrected chi connectivity index (χ0v) is 10.2. The zero-order chi connectivity index (χ0) is 10.8. The lowest BCUT2D eigenvalue weighted by Crippen LogP contribution is -2.25. The molecule has 0 aliphatic heterocycles. The van der Waals surface area contributed by atoms with Crippen molar-refractivity contribution in [2.24, 2.45) is 0 Å². The van der Waals surface area contributed by atoms with E-state index in [9.17, 15) is 8.42 Å². The fourth-order valence-electron chi connectivity index (χ4n) is 0.891. The van der Waals surface area contributed by atoms with Gasteiger partial charge in [-0.15, -0.1) is 0 Å². The highest BCUT2D eigenvalue weighted by atomic mass is 79.9. The molecule has 0 N–H and O–H groups in total. The van der Waals surface area contributed by atoms with E-state index < -0.39 is 10.0 Å². The Balaban J connectivity index is 3.24. The first-order chi connectivity index (χ1) is 6.50. The third-order valence-corrected chi connectivity index (χ3v) is 4.40. The average Bonchev–Trinajstić information content (AvgIpc) is 2.17. The van der Waals surface area contributed by atoms with Crippen molar-refractivity contribution in [3.8, 4) is 0 Å². The van der Waals surface area contributed by atoms with Crippen molar-refractivity contribution < 1.29 is 13.3 Å². The van der Waals surface area contributed by atoms with Crippen LogP contribution in [0, 0.1) is 0 Å². The van der Waals surface area contributed by atoms with Crippen LogP contribution in [0.4, 0.5) is 0 Å². The van der Waals surface area contributed by atoms with Crippen LogP contribution < -0.4 is 0 Å². The minimum absolute atomic E-state index is 0.185. The van der Waals surface area contributed by atoms with E-state index in [-0.39, 0.29) is 4.90 Å². The summed E-state index contributed by atoms with van der Waals surface area (Å²) in [5.41, 5.74) is 0. The van der Waals surface area contributed by atoms with Crippen LogP contribution in [0.15, 0.2) is 33.6 Å². The highest BCUT2D eigenvalue weighted by molar-refractivity contribution is 9.10. The van der Waals surface area contributed by atoms with Crippen molar-refractivity contribution in [2.75, 3.05) is 14.2 Å². The van der Waals surface area contributed by atoms with Crippen LogP contribution >= 0.6 is 15.9 Å². The van der Waals surface area contributed by atoms with E-state index in [1.807, 2.05) is 0 Å². The van der Waals surface area contributed by atoms with Crippen molar-refractivity contribution in [1.82, 2.24) is 4.47 Å². The first-order valence-electron chi connectivity index (χ1n) is 3.77. The summed E-state index contributed by atoms with van der Waals surface area (Å²) in [6.45, 7) is 0. The Hall–Kier alpha value is -0.430. The summed E-state index contributed by atoms with van der Waals surface area (Å²) in [5.74, 6) is 0. The number of rotatable bonds is 3. The molecule has 0 aliphatic carbocycles. The van der Waals surface area contributed by atoms with E-state index >= 15 is 0 Å². The standard InChI is InChI=1S/C8H10BrNO3S/c1-10(13-2)14(11,12)8-6-4-3-5-7(8)9/h3-6H,1-2H3. The number of benzene rings is 1. The Kier molecular flexibility index (Phi) is 3.65. The molecule has 0 atom stereocenters. The third kappa shape index (κ3) is 2.14. The second kappa shape index (κ2) is 4.39. The Morgan fingerprint density at radius 3 is 2.43 bits per heavy atom. The molecule has 4 nitrogen and oxygen atoms in total. The second-order valence-corrected chi connectivity index (χ2v) is 5.29. The fourth-order valence-corrected chi connectivity index (χ4v) is 2.83. The van der Waals surface area contributed by atoms with Gasteiger partial charge in [0, 0.05) is 11.5 Å². The monoisotopic (exact) mass is 279 g/mol. The molecular weight excluding hydrogens is 270 g/mol. The molecule has 0 unspecified atom stereocenters. The lowest BCUT2D eigenvalue weighted by Gasteiger charge is -2.14. The highest BCUT2D eigenvalue weighted by Gasteiger charge is 2.22. The van der Waals surface area contributed by atoms with Gasteiger partial charge in [0.15, 0.2) is 0 Å². The van der Waals surface area contributed by atoms with E-state index in [1.54, 1.807) is 18.2 Å². The van der Waals surface area contributed by atoms with Gasteiger partial charge in [0.25, 0.3) is 10.0 Å². The van der Waals surface area contributed by atoms with Crippen LogP contribution in [-0.2, 0) is 14.9 Å². The normalized spacial score (nSPS) is 12.0. The van der Waals surface area contributed by atoms with Gasteiger partial charge in [-0.3, -0.25) is 4.84 Å². The van der Waals surface area contributed by atoms with Gasteiger partial charge in [0.1, 0.15) is 0 Å². The van der Waals surface area contributed by atoms with Crippen molar-refractivity contribution in [1.29, 1.82) is 0 Å². The van der Waals surface area contributed by atoms with Crippen molar-refractivity contribution in [3.63, 3.8) is 0 Å². The van der Waals surface area contributed by atoms with Gasteiger partial charge in [-0.25, -0.2) is 8.42 Å². The van der Waals surface area contributed by atoms with E-state index in [0.717, 1.165) is 4.47 Å². The zero-order valence-electron chi connectivity index (χ0n) is 7.77. The van der Waals surface area contributed by atoms with Crippen molar-refractivity contribution in [3.05, 3.63) is 28.7 Å². The van der Waals surface area contributed by atoms with Crippen LogP contribution in [0.25, 0.3) is 0 Å². The summed E-state index contributed by atoms with van der Waals surface area (Å²) in [4.78, 5) is 4.83. The minimum Gasteiger partial charge on any atom is -0.288 e. The summed E-state index contributed by atoms with van der Waals surface area (Å²) in [6.07, 6.45) is 0. The highest BCUT2D eigenvalue weighted by Crippen LogP contribution is 2.23. The quantitative estimate of drug-likeness (QED) is 0.791. The van der Waals surface area contributed by atoms with Gasteiger partial charge in [0.05, 0.1) is 12.0 Å². The van der Waals surface area contributed by atoms with Crippen LogP contribution in [-0.4, -0.2) is 27.0 Å². The summed E-state index contributed by atoms with van der Waals surface area (Å²) in [7, 11) is -0.913. The summed E-state index contributed by atoms with van der Waals surface area (Å²) >= 11 is 3.17. The van der Waals surface area contributed by atoms with E-state index in [2.05, 4.69) is 20.8 Å². The van der Waals surface area contributed by atoms with Crippen LogP contribution in [0.2, 0.25) is 0 Å². The van der Waals surface area contributed by atoms with E-state index in [1.165, 1.54) is 20.2 Å². The number of hydroxylamine groups is 1. The number of hydrogen-bond acceptors (Lipinski definition) is 3. The van der Waals surface area contributed by atoms with E-state index in [4.69, 9.17) is 0 Å². The molecule has 0 bridgehead atoms. The molecular formula is C8H10BrNO3S. The SMILES string of the molecule is CON(C)S(=O)(=O)c1ccccc1Br. The maximum atomic E-state index is 11.8. The molecule has 0 saturated heterocycles. The molecule has 0 radical (unpaired) electrons. The molecule has 0 heterocycles. The molecule has 0 aliphatic rings. The number of halogens is 1. The average molecular weight is 280 g/mol. The van der Waals surface area contributed by atoms with Crippen LogP contribution in [0.5, 0.6) is 0 Å². The minimum atomic E-state index is -3.56. The largest absolute Gasteiger partial charge is 0.288 e. The predicted molar refractivity (Wildman–Crippen MR) is 56.1 cm³/mol. The van der Waals surface area contributed by atoms with Gasteiger partial charge in [-0.2, -0.15) is 0 Å². The summed E-state index contributed by atoms with van der Waals surface area (Å²) in [6, 6.07) is 6.57. The molecule has 0 spiro atoms. The molecule has 1 rings (SSSR count). The predicted octanol–water partition coefficient (Wildman–Crippen LogP) is 1.63. The Morgan fingerprint density at radius 1 is 1.36 bits per heavy atom. The third-order valence-electron chi connectivity index (χ3n) is 1.71. The molecule has 78 valence electrons. The lowest BCUT2D eigenvalue weighted by atomic mass is 10.4. The Labute approximate surface area is 91.6 Å². The number of hydrogen-bond donors (Lipinski definition) is 0. The lowest BCUT2D eigenvalue weighted by molar-refractivity contribution is -0.0259. The summed E-state index contributed by atoms with van der Waals surface area (Å²) in [5, 5.41) is 0. The molecule has 6 heteroatoms. The van der Waals surface area contributed by atoms with Crippen LogP contribution in [0.1, 0.15) is 0 Å². The van der Waals surface area contributed by atoms with Crippen molar-refractivity contribution >= 4 is 26.0 Å². The van der Waals surface area contributed by atoms with Crippen LogP contribution in [0.3, 0.4) is 0 Å². The Bertz CT molecular complexity index is 418. The van der Waals surface area contributed by atoms with Gasteiger partial charge in [-0.05, 0) is 28.1 Å². The van der Waals surface area contributed by atoms with Gasteiger partial charge in [-0.1, -0.05) is 16.6 Å². The smallest absolute Gasteiger partial charge is 0.265 e. The maximum Gasteiger partial charge on any atom is 0.265 e. The first-order valence-corrected chi connectivity index (χ1v) is 6.01. The molecule has 14 heavy (non-hydrogen) atoms. The molecule has 0 fully saturated rings.